The summed E-state index contributed by atoms with van der Waals surface area (Å²) in [5, 5.41) is 10.5. The summed E-state index contributed by atoms with van der Waals surface area (Å²) < 4.78 is 11.0. The zero-order chi connectivity index (χ0) is 19.2. The van der Waals surface area contributed by atoms with Crippen molar-refractivity contribution >= 4 is 17.8 Å². The highest BCUT2D eigenvalue weighted by Crippen LogP contribution is 2.72. The van der Waals surface area contributed by atoms with E-state index in [0.717, 1.165) is 0 Å². The number of ether oxygens (including phenoxy) is 2. The first-order chi connectivity index (χ1) is 12.8. The molecule has 7 heteroatoms. The fourth-order valence-corrected chi connectivity index (χ4v) is 6.66. The summed E-state index contributed by atoms with van der Waals surface area (Å²) in [6.07, 6.45) is 7.29. The molecule has 6 atom stereocenters. The summed E-state index contributed by atoms with van der Waals surface area (Å²) in [5.74, 6) is -0.841. The van der Waals surface area contributed by atoms with Crippen LogP contribution >= 0.6 is 0 Å². The zero-order valence-corrected chi connectivity index (χ0v) is 15.4. The molecule has 5 aliphatic rings. The lowest BCUT2D eigenvalue weighted by molar-refractivity contribution is -0.159. The van der Waals surface area contributed by atoms with Crippen molar-refractivity contribution in [1.82, 2.24) is 4.90 Å². The quantitative estimate of drug-likeness (QED) is 0.442. The van der Waals surface area contributed by atoms with Crippen LogP contribution in [0.4, 0.5) is 0 Å². The highest BCUT2D eigenvalue weighted by atomic mass is 16.5. The second kappa shape index (κ2) is 5.08. The Bertz CT molecular complexity index is 779. The van der Waals surface area contributed by atoms with E-state index in [2.05, 4.69) is 0 Å². The Hall–Kier alpha value is -1.99. The summed E-state index contributed by atoms with van der Waals surface area (Å²) in [5.41, 5.74) is -2.79. The van der Waals surface area contributed by atoms with Crippen LogP contribution in [0, 0.1) is 22.2 Å². The summed E-state index contributed by atoms with van der Waals surface area (Å²) in [6, 6.07) is 0. The van der Waals surface area contributed by atoms with Crippen molar-refractivity contribution in [2.75, 3.05) is 14.2 Å². The fraction of sp³-hybridized carbons (Fsp3) is 0.650. The molecule has 27 heavy (non-hydrogen) atoms. The van der Waals surface area contributed by atoms with E-state index < -0.39 is 40.5 Å². The van der Waals surface area contributed by atoms with Gasteiger partial charge in [0.25, 0.3) is 0 Å². The van der Waals surface area contributed by atoms with Gasteiger partial charge >= 0.3 is 5.97 Å². The van der Waals surface area contributed by atoms with Crippen LogP contribution < -0.4 is 0 Å². The molecule has 2 bridgehead atoms. The number of aliphatic hydroxyl groups is 1. The van der Waals surface area contributed by atoms with Gasteiger partial charge in [0.05, 0.1) is 36.3 Å². The van der Waals surface area contributed by atoms with Gasteiger partial charge in [0.1, 0.15) is 5.41 Å². The van der Waals surface area contributed by atoms with E-state index in [1.54, 1.807) is 19.2 Å². The summed E-state index contributed by atoms with van der Waals surface area (Å²) >= 11 is 0. The van der Waals surface area contributed by atoms with Gasteiger partial charge < -0.3 is 14.6 Å². The van der Waals surface area contributed by atoms with Gasteiger partial charge in [0, 0.05) is 7.05 Å². The zero-order valence-electron chi connectivity index (χ0n) is 15.4. The number of fused-ring (bicyclic) bond motifs is 2. The Balaban J connectivity index is 1.52. The second-order valence-electron chi connectivity index (χ2n) is 8.68. The first-order valence-corrected chi connectivity index (χ1v) is 9.43. The number of methoxy groups -OCH3 is 1. The van der Waals surface area contributed by atoms with Gasteiger partial charge in [0.2, 0.25) is 11.8 Å². The van der Waals surface area contributed by atoms with Gasteiger partial charge in [-0.3, -0.25) is 19.3 Å². The molecule has 0 aromatic heterocycles. The largest absolute Gasteiger partial charge is 0.468 e. The predicted molar refractivity (Wildman–Crippen MR) is 92.0 cm³/mol. The highest BCUT2D eigenvalue weighted by Gasteiger charge is 2.82. The molecule has 3 aliphatic heterocycles. The predicted octanol–water partition coefficient (Wildman–Crippen LogP) is 0.575. The van der Waals surface area contributed by atoms with Gasteiger partial charge in [-0.05, 0) is 31.6 Å². The summed E-state index contributed by atoms with van der Waals surface area (Å²) in [7, 11) is 2.87. The van der Waals surface area contributed by atoms with Crippen LogP contribution in [0.25, 0.3) is 0 Å². The number of aliphatic hydroxyl groups excluding tert-OH is 1. The molecule has 6 unspecified atom stereocenters. The first kappa shape index (κ1) is 17.1. The molecule has 3 fully saturated rings. The minimum Gasteiger partial charge on any atom is -0.468 e. The van der Waals surface area contributed by atoms with E-state index in [4.69, 9.17) is 9.47 Å². The third-order valence-corrected chi connectivity index (χ3v) is 7.73. The third kappa shape index (κ3) is 1.65. The van der Waals surface area contributed by atoms with Crippen LogP contribution in [0.15, 0.2) is 24.3 Å². The Morgan fingerprint density at radius 3 is 2.30 bits per heavy atom. The number of hydrogen-bond donors (Lipinski definition) is 1. The monoisotopic (exact) mass is 373 g/mol. The standard InChI is InChI=1S/C20H23NO6/c1-21-15(23)19-9-11(8-18(17(25)26-2)7-3-4-12(18)22)10-20(19,16(21)24)14-6-5-13(19)27-14/h3-6,11-14,22H,7-10H2,1-2H3. The number of imide groups is 1. The van der Waals surface area contributed by atoms with E-state index in [-0.39, 0.29) is 17.7 Å². The molecule has 2 amide bonds. The van der Waals surface area contributed by atoms with Crippen molar-refractivity contribution in [1.29, 1.82) is 0 Å². The first-order valence-electron chi connectivity index (χ1n) is 9.43. The van der Waals surface area contributed by atoms with Gasteiger partial charge in [0.15, 0.2) is 0 Å². The van der Waals surface area contributed by atoms with Crippen molar-refractivity contribution < 1.29 is 29.0 Å². The van der Waals surface area contributed by atoms with E-state index in [9.17, 15) is 19.5 Å². The fourth-order valence-electron chi connectivity index (χ4n) is 6.66. The van der Waals surface area contributed by atoms with Crippen molar-refractivity contribution in [2.24, 2.45) is 22.2 Å². The van der Waals surface area contributed by atoms with Crippen LogP contribution in [0.1, 0.15) is 25.7 Å². The lowest BCUT2D eigenvalue weighted by Gasteiger charge is -2.33. The minimum absolute atomic E-state index is 0.0472. The van der Waals surface area contributed by atoms with Crippen molar-refractivity contribution in [3.8, 4) is 0 Å². The van der Waals surface area contributed by atoms with Gasteiger partial charge in [-0.1, -0.05) is 24.3 Å². The molecule has 1 saturated carbocycles. The molecule has 144 valence electrons. The van der Waals surface area contributed by atoms with Gasteiger partial charge in [-0.2, -0.15) is 0 Å². The molecule has 5 rings (SSSR count). The Morgan fingerprint density at radius 1 is 1.22 bits per heavy atom. The number of nitrogens with zero attached hydrogens (tertiary/aromatic N) is 1. The van der Waals surface area contributed by atoms with E-state index in [1.807, 2.05) is 12.2 Å². The summed E-state index contributed by atoms with van der Waals surface area (Å²) in [6.45, 7) is 0. The summed E-state index contributed by atoms with van der Waals surface area (Å²) in [4.78, 5) is 40.1. The number of carbonyl (C=O) groups excluding carboxylic acids is 3. The Labute approximate surface area is 157 Å². The number of rotatable bonds is 3. The topological polar surface area (TPSA) is 93.1 Å². The van der Waals surface area contributed by atoms with Gasteiger partial charge in [-0.25, -0.2) is 0 Å². The molecular weight excluding hydrogens is 350 g/mol. The number of esters is 1. The molecule has 0 radical (unpaired) electrons. The highest BCUT2D eigenvalue weighted by molar-refractivity contribution is 6.12. The van der Waals surface area contributed by atoms with Crippen LogP contribution in [-0.2, 0) is 23.9 Å². The average molecular weight is 373 g/mol. The maximum Gasteiger partial charge on any atom is 0.315 e. The molecule has 0 aromatic carbocycles. The molecule has 1 N–H and O–H groups in total. The van der Waals surface area contributed by atoms with E-state index in [1.165, 1.54) is 12.0 Å². The minimum atomic E-state index is -1.04. The molecular formula is C20H23NO6. The lowest BCUT2D eigenvalue weighted by atomic mass is 9.61. The smallest absolute Gasteiger partial charge is 0.315 e. The number of amides is 2. The van der Waals surface area contributed by atoms with Crippen LogP contribution in [0.5, 0.6) is 0 Å². The van der Waals surface area contributed by atoms with Crippen LogP contribution in [0.2, 0.25) is 0 Å². The maximum absolute atomic E-state index is 13.1. The maximum atomic E-state index is 13.1. The second-order valence-corrected chi connectivity index (χ2v) is 8.68. The molecule has 0 spiro atoms. The van der Waals surface area contributed by atoms with E-state index in [0.29, 0.717) is 25.7 Å². The van der Waals surface area contributed by atoms with Crippen molar-refractivity contribution in [3.05, 3.63) is 24.3 Å². The normalized spacial score (nSPS) is 49.2. The molecule has 7 nitrogen and oxygen atoms in total. The van der Waals surface area contributed by atoms with E-state index >= 15 is 0 Å². The van der Waals surface area contributed by atoms with Crippen molar-refractivity contribution in [2.45, 2.75) is 44.0 Å². The van der Waals surface area contributed by atoms with Crippen LogP contribution in [-0.4, -0.2) is 60.3 Å². The molecule has 2 saturated heterocycles. The van der Waals surface area contributed by atoms with Gasteiger partial charge in [-0.15, -0.1) is 0 Å². The number of hydrogen-bond acceptors (Lipinski definition) is 6. The number of likely N-dealkylation sites (tertiary alicyclic amines) is 1. The lowest BCUT2D eigenvalue weighted by Crippen LogP contribution is -2.46. The molecule has 3 heterocycles. The van der Waals surface area contributed by atoms with Crippen molar-refractivity contribution in [3.63, 3.8) is 0 Å². The Kier molecular flexibility index (Phi) is 3.23. The molecule has 2 aliphatic carbocycles. The Morgan fingerprint density at radius 2 is 1.81 bits per heavy atom. The van der Waals surface area contributed by atoms with Crippen LogP contribution in [0.3, 0.4) is 0 Å². The number of allylic oxidation sites excluding steroid dienone is 1. The molecule has 0 aromatic rings. The third-order valence-electron chi connectivity index (χ3n) is 7.73. The average Bonchev–Trinajstić information content (AvgIpc) is 3.42. The SMILES string of the molecule is COC(=O)C1(CC2CC34C(=O)N(C)C(=O)C3(C2)C2C=CC4O2)CC=CC1O. The number of carbonyl (C=O) groups is 3.